The quantitative estimate of drug-likeness (QED) is 0.651. The molecule has 3 N–H and O–H groups in total. The van der Waals surface area contributed by atoms with E-state index in [0.29, 0.717) is 6.42 Å². The minimum absolute atomic E-state index is 0.0777. The average Bonchev–Trinajstić information content (AvgIpc) is 2.20. The normalized spacial score (nSPS) is 15.1. The highest BCUT2D eigenvalue weighted by Crippen LogP contribution is 2.07. The highest BCUT2D eigenvalue weighted by Gasteiger charge is 2.25. The smallest absolute Gasteiger partial charge is 0.326 e. The van der Waals surface area contributed by atoms with Crippen LogP contribution in [-0.4, -0.2) is 35.1 Å². The summed E-state index contributed by atoms with van der Waals surface area (Å²) in [4.78, 5) is 22.6. The van der Waals surface area contributed by atoms with Crippen molar-refractivity contribution in [3.8, 4) is 0 Å². The summed E-state index contributed by atoms with van der Waals surface area (Å²) in [5, 5.41) is 14.6. The van der Waals surface area contributed by atoms with E-state index in [1.54, 1.807) is 0 Å². The van der Waals surface area contributed by atoms with E-state index in [1.807, 2.05) is 34.6 Å². The molecule has 0 heterocycles. The van der Waals surface area contributed by atoms with Crippen LogP contribution in [0, 0.1) is 5.92 Å². The van der Waals surface area contributed by atoms with Gasteiger partial charge in [0.25, 0.3) is 0 Å². The van der Waals surface area contributed by atoms with Crippen LogP contribution in [0.3, 0.4) is 0 Å². The van der Waals surface area contributed by atoms with Gasteiger partial charge in [0.1, 0.15) is 6.04 Å². The molecule has 0 fully saturated rings. The van der Waals surface area contributed by atoms with Crippen molar-refractivity contribution in [2.45, 2.75) is 52.6 Å². The number of hydrogen-bond acceptors (Lipinski definition) is 3. The first kappa shape index (κ1) is 15.9. The number of amides is 1. The van der Waals surface area contributed by atoms with E-state index in [2.05, 4.69) is 10.6 Å². The molecule has 5 heteroatoms. The summed E-state index contributed by atoms with van der Waals surface area (Å²) in [5.41, 5.74) is -0.160. The minimum Gasteiger partial charge on any atom is -0.480 e. The predicted octanol–water partition coefficient (Wildman–Crippen LogP) is 0.990. The SMILES string of the molecule is CC[C@H](C)[C@H](NC(=O)CNC(C)(C)C)C(=O)O. The second-order valence-electron chi connectivity index (χ2n) is 5.37. The Morgan fingerprint density at radius 1 is 1.29 bits per heavy atom. The standard InChI is InChI=1S/C12H24N2O3/c1-6-8(2)10(11(16)17)14-9(15)7-13-12(3,4)5/h8,10,13H,6-7H2,1-5H3,(H,14,15)(H,16,17)/t8-,10-/m0/s1. The van der Waals surface area contributed by atoms with Gasteiger partial charge in [0.15, 0.2) is 0 Å². The fourth-order valence-corrected chi connectivity index (χ4v) is 1.25. The van der Waals surface area contributed by atoms with Crippen LogP contribution < -0.4 is 10.6 Å². The summed E-state index contributed by atoms with van der Waals surface area (Å²) in [6.45, 7) is 9.69. The van der Waals surface area contributed by atoms with Gasteiger partial charge in [0, 0.05) is 5.54 Å². The zero-order valence-electron chi connectivity index (χ0n) is 11.3. The van der Waals surface area contributed by atoms with E-state index >= 15 is 0 Å². The lowest BCUT2D eigenvalue weighted by Crippen LogP contribution is -2.50. The van der Waals surface area contributed by atoms with E-state index in [9.17, 15) is 9.59 Å². The van der Waals surface area contributed by atoms with Gasteiger partial charge < -0.3 is 15.7 Å². The first-order valence-corrected chi connectivity index (χ1v) is 5.94. The van der Waals surface area contributed by atoms with Crippen molar-refractivity contribution in [1.29, 1.82) is 0 Å². The van der Waals surface area contributed by atoms with E-state index in [1.165, 1.54) is 0 Å². The molecule has 17 heavy (non-hydrogen) atoms. The molecule has 0 spiro atoms. The van der Waals surface area contributed by atoms with Crippen molar-refractivity contribution in [1.82, 2.24) is 10.6 Å². The molecule has 5 nitrogen and oxygen atoms in total. The Morgan fingerprint density at radius 2 is 1.82 bits per heavy atom. The largest absolute Gasteiger partial charge is 0.480 e. The molecule has 0 bridgehead atoms. The van der Waals surface area contributed by atoms with Crippen LogP contribution in [0.5, 0.6) is 0 Å². The van der Waals surface area contributed by atoms with Gasteiger partial charge in [-0.25, -0.2) is 4.79 Å². The van der Waals surface area contributed by atoms with Crippen molar-refractivity contribution in [2.24, 2.45) is 5.92 Å². The zero-order valence-corrected chi connectivity index (χ0v) is 11.3. The van der Waals surface area contributed by atoms with Crippen LogP contribution in [0.25, 0.3) is 0 Å². The van der Waals surface area contributed by atoms with Crippen LogP contribution in [0.15, 0.2) is 0 Å². The first-order chi connectivity index (χ1) is 7.67. The fraction of sp³-hybridized carbons (Fsp3) is 0.833. The predicted molar refractivity (Wildman–Crippen MR) is 66.8 cm³/mol. The average molecular weight is 244 g/mol. The molecule has 0 aromatic carbocycles. The Bertz CT molecular complexity index is 271. The first-order valence-electron chi connectivity index (χ1n) is 5.94. The van der Waals surface area contributed by atoms with Crippen molar-refractivity contribution >= 4 is 11.9 Å². The highest BCUT2D eigenvalue weighted by molar-refractivity contribution is 5.84. The number of aliphatic carboxylic acids is 1. The Hall–Kier alpha value is -1.10. The number of carboxylic acid groups (broad SMARTS) is 1. The summed E-state index contributed by atoms with van der Waals surface area (Å²) >= 11 is 0. The lowest BCUT2D eigenvalue weighted by molar-refractivity contribution is -0.143. The highest BCUT2D eigenvalue weighted by atomic mass is 16.4. The van der Waals surface area contributed by atoms with E-state index in [-0.39, 0.29) is 23.9 Å². The Kier molecular flexibility index (Phi) is 6.16. The van der Waals surface area contributed by atoms with Gasteiger partial charge in [-0.15, -0.1) is 0 Å². The lowest BCUT2D eigenvalue weighted by atomic mass is 9.99. The second-order valence-corrected chi connectivity index (χ2v) is 5.37. The number of carboxylic acids is 1. The van der Waals surface area contributed by atoms with Crippen molar-refractivity contribution in [2.75, 3.05) is 6.54 Å². The molecule has 0 aromatic rings. The topological polar surface area (TPSA) is 78.4 Å². The third-order valence-electron chi connectivity index (χ3n) is 2.57. The fourth-order valence-electron chi connectivity index (χ4n) is 1.25. The summed E-state index contributed by atoms with van der Waals surface area (Å²) in [6, 6.07) is -0.811. The van der Waals surface area contributed by atoms with Crippen molar-refractivity contribution in [3.05, 3.63) is 0 Å². The molecule has 2 atom stereocenters. The molecule has 0 rings (SSSR count). The van der Waals surface area contributed by atoms with Gasteiger partial charge in [-0.1, -0.05) is 20.3 Å². The van der Waals surface area contributed by atoms with E-state index < -0.39 is 12.0 Å². The number of nitrogens with one attached hydrogen (secondary N) is 2. The number of carbonyl (C=O) groups excluding carboxylic acids is 1. The lowest BCUT2D eigenvalue weighted by Gasteiger charge is -2.23. The Balaban J connectivity index is 4.28. The molecular weight excluding hydrogens is 220 g/mol. The Morgan fingerprint density at radius 3 is 2.18 bits per heavy atom. The molecule has 0 saturated heterocycles. The van der Waals surface area contributed by atoms with Crippen LogP contribution >= 0.6 is 0 Å². The van der Waals surface area contributed by atoms with Gasteiger partial charge in [0.05, 0.1) is 6.54 Å². The molecule has 0 unspecified atom stereocenters. The minimum atomic E-state index is -0.983. The summed E-state index contributed by atoms with van der Waals surface area (Å²) in [7, 11) is 0. The molecule has 0 radical (unpaired) electrons. The van der Waals surface area contributed by atoms with Gasteiger partial charge >= 0.3 is 5.97 Å². The summed E-state index contributed by atoms with van der Waals surface area (Å²) in [6.07, 6.45) is 0.712. The van der Waals surface area contributed by atoms with Gasteiger partial charge in [0.2, 0.25) is 5.91 Å². The van der Waals surface area contributed by atoms with Crippen LogP contribution in [0.4, 0.5) is 0 Å². The number of rotatable bonds is 6. The molecular formula is C12H24N2O3. The summed E-state index contributed by atoms with van der Waals surface area (Å²) < 4.78 is 0. The van der Waals surface area contributed by atoms with E-state index in [4.69, 9.17) is 5.11 Å². The van der Waals surface area contributed by atoms with Crippen molar-refractivity contribution in [3.63, 3.8) is 0 Å². The maximum Gasteiger partial charge on any atom is 0.326 e. The van der Waals surface area contributed by atoms with Crippen LogP contribution in [0.2, 0.25) is 0 Å². The number of carbonyl (C=O) groups is 2. The number of hydrogen-bond donors (Lipinski definition) is 3. The Labute approximate surface area is 103 Å². The van der Waals surface area contributed by atoms with Crippen molar-refractivity contribution < 1.29 is 14.7 Å². The molecule has 0 aliphatic carbocycles. The van der Waals surface area contributed by atoms with Crippen LogP contribution in [0.1, 0.15) is 41.0 Å². The maximum absolute atomic E-state index is 11.6. The zero-order chi connectivity index (χ0) is 13.6. The van der Waals surface area contributed by atoms with Gasteiger partial charge in [-0.2, -0.15) is 0 Å². The van der Waals surface area contributed by atoms with Crippen LogP contribution in [-0.2, 0) is 9.59 Å². The van der Waals surface area contributed by atoms with Gasteiger partial charge in [-0.05, 0) is 26.7 Å². The van der Waals surface area contributed by atoms with Gasteiger partial charge in [-0.3, -0.25) is 4.79 Å². The monoisotopic (exact) mass is 244 g/mol. The third kappa shape index (κ3) is 6.94. The van der Waals surface area contributed by atoms with E-state index in [0.717, 1.165) is 0 Å². The maximum atomic E-state index is 11.6. The second kappa shape index (κ2) is 6.59. The molecule has 0 aliphatic rings. The molecule has 1 amide bonds. The molecule has 0 aliphatic heterocycles. The molecule has 100 valence electrons. The molecule has 0 aromatic heterocycles. The third-order valence-corrected chi connectivity index (χ3v) is 2.57. The molecule has 0 saturated carbocycles. The summed E-state index contributed by atoms with van der Waals surface area (Å²) in [5.74, 6) is -1.35.